The Morgan fingerprint density at radius 1 is 1.44 bits per heavy atom. The van der Waals surface area contributed by atoms with E-state index < -0.39 is 5.69 Å². The summed E-state index contributed by atoms with van der Waals surface area (Å²) in [5.74, 6) is 0. The van der Waals surface area contributed by atoms with Crippen molar-refractivity contribution in [1.82, 2.24) is 9.55 Å². The molecule has 2 aromatic rings. The van der Waals surface area contributed by atoms with Gasteiger partial charge in [-0.05, 0) is 19.1 Å². The van der Waals surface area contributed by atoms with Crippen LogP contribution in [0.5, 0.6) is 0 Å². The normalized spacial score (nSPS) is 10.9. The Balaban J connectivity index is 3.06. The number of hydrogen-bond donors (Lipinski definition) is 1. The number of fused-ring (bicyclic) bond motifs is 1. The molecular weight excluding hydrogens is 295 g/mol. The van der Waals surface area contributed by atoms with Gasteiger partial charge in [-0.1, -0.05) is 27.5 Å². The lowest BCUT2D eigenvalue weighted by atomic mass is 10.2. The van der Waals surface area contributed by atoms with Crippen LogP contribution in [-0.4, -0.2) is 9.55 Å². The number of H-pyrrole nitrogens is 1. The third-order valence-corrected chi connectivity index (χ3v) is 3.07. The van der Waals surface area contributed by atoms with Gasteiger partial charge in [-0.3, -0.25) is 9.36 Å². The molecule has 0 radical (unpaired) electrons. The second kappa shape index (κ2) is 4.07. The maximum absolute atomic E-state index is 12.0. The number of rotatable bonds is 1. The zero-order valence-corrected chi connectivity index (χ0v) is 10.7. The molecule has 0 atom stereocenters. The summed E-state index contributed by atoms with van der Waals surface area (Å²) < 4.78 is 1.83. The molecule has 4 nitrogen and oxygen atoms in total. The van der Waals surface area contributed by atoms with E-state index in [2.05, 4.69) is 20.9 Å². The summed E-state index contributed by atoms with van der Waals surface area (Å²) in [6, 6.07) is 3.29. The van der Waals surface area contributed by atoms with Crippen LogP contribution in [0, 0.1) is 0 Å². The van der Waals surface area contributed by atoms with Crippen molar-refractivity contribution in [2.45, 2.75) is 13.5 Å². The molecule has 1 heterocycles. The number of hydrogen-bond acceptors (Lipinski definition) is 2. The van der Waals surface area contributed by atoms with Crippen LogP contribution >= 0.6 is 27.5 Å². The smallest absolute Gasteiger partial charge is 0.307 e. The Morgan fingerprint density at radius 3 is 2.75 bits per heavy atom. The maximum atomic E-state index is 12.0. The first-order chi connectivity index (χ1) is 7.54. The van der Waals surface area contributed by atoms with Gasteiger partial charge in [-0.25, -0.2) is 4.79 Å². The monoisotopic (exact) mass is 302 g/mol. The quantitative estimate of drug-likeness (QED) is 0.877. The van der Waals surface area contributed by atoms with Crippen molar-refractivity contribution in [2.24, 2.45) is 0 Å². The largest absolute Gasteiger partial charge is 0.328 e. The molecule has 0 amide bonds. The molecule has 0 spiro atoms. The lowest BCUT2D eigenvalue weighted by Gasteiger charge is -2.05. The van der Waals surface area contributed by atoms with Crippen molar-refractivity contribution in [3.8, 4) is 0 Å². The van der Waals surface area contributed by atoms with E-state index in [4.69, 9.17) is 11.6 Å². The van der Waals surface area contributed by atoms with Crippen LogP contribution in [0.15, 0.2) is 26.2 Å². The molecule has 0 aliphatic heterocycles. The lowest BCUT2D eigenvalue weighted by molar-refractivity contribution is 0.684. The van der Waals surface area contributed by atoms with Gasteiger partial charge in [0.05, 0.1) is 15.9 Å². The molecule has 6 heteroatoms. The second-order valence-electron chi connectivity index (χ2n) is 3.29. The van der Waals surface area contributed by atoms with Gasteiger partial charge in [0.25, 0.3) is 5.56 Å². The molecule has 0 aliphatic carbocycles. The third kappa shape index (κ3) is 1.70. The number of nitrogens with zero attached hydrogens (tertiary/aromatic N) is 1. The average molecular weight is 304 g/mol. The van der Waals surface area contributed by atoms with Crippen molar-refractivity contribution in [1.29, 1.82) is 0 Å². The first-order valence-corrected chi connectivity index (χ1v) is 5.83. The molecule has 1 N–H and O–H groups in total. The van der Waals surface area contributed by atoms with Crippen LogP contribution in [0.1, 0.15) is 6.92 Å². The minimum atomic E-state index is -0.422. The van der Waals surface area contributed by atoms with Gasteiger partial charge >= 0.3 is 5.69 Å². The molecule has 16 heavy (non-hydrogen) atoms. The average Bonchev–Trinajstić information content (AvgIpc) is 2.15. The summed E-state index contributed by atoms with van der Waals surface area (Å²) in [4.78, 5) is 26.1. The van der Waals surface area contributed by atoms with Crippen LogP contribution < -0.4 is 11.2 Å². The predicted octanol–water partition coefficient (Wildman–Crippen LogP) is 2.13. The maximum Gasteiger partial charge on any atom is 0.328 e. The van der Waals surface area contributed by atoms with E-state index in [1.807, 2.05) is 0 Å². The predicted molar refractivity (Wildman–Crippen MR) is 67.2 cm³/mol. The molecule has 0 unspecified atom stereocenters. The molecule has 0 aliphatic rings. The Bertz CT molecular complexity index is 675. The summed E-state index contributed by atoms with van der Waals surface area (Å²) >= 11 is 9.24. The summed E-state index contributed by atoms with van der Waals surface area (Å²) in [5, 5.41) is 0.666. The van der Waals surface area contributed by atoms with Gasteiger partial charge in [0.15, 0.2) is 0 Å². The van der Waals surface area contributed by atoms with Crippen LogP contribution in [0.3, 0.4) is 0 Å². The van der Waals surface area contributed by atoms with E-state index in [9.17, 15) is 9.59 Å². The molecular formula is C10H8BrClN2O2. The summed E-state index contributed by atoms with van der Waals surface area (Å²) in [6.45, 7) is 2.05. The summed E-state index contributed by atoms with van der Waals surface area (Å²) in [7, 11) is 0. The zero-order valence-electron chi connectivity index (χ0n) is 8.38. The molecule has 0 fully saturated rings. The van der Waals surface area contributed by atoms with E-state index in [0.29, 0.717) is 26.9 Å². The van der Waals surface area contributed by atoms with Crippen LogP contribution in [0.25, 0.3) is 10.9 Å². The van der Waals surface area contributed by atoms with Crippen molar-refractivity contribution in [3.63, 3.8) is 0 Å². The first kappa shape index (κ1) is 11.4. The van der Waals surface area contributed by atoms with Crippen LogP contribution in [0.2, 0.25) is 5.02 Å². The molecule has 0 saturated heterocycles. The highest BCUT2D eigenvalue weighted by molar-refractivity contribution is 9.10. The van der Waals surface area contributed by atoms with Crippen molar-refractivity contribution < 1.29 is 0 Å². The molecule has 84 valence electrons. The van der Waals surface area contributed by atoms with E-state index in [-0.39, 0.29) is 5.56 Å². The van der Waals surface area contributed by atoms with Crippen molar-refractivity contribution >= 4 is 38.4 Å². The molecule has 1 aromatic heterocycles. The highest BCUT2D eigenvalue weighted by atomic mass is 79.9. The highest BCUT2D eigenvalue weighted by Crippen LogP contribution is 2.23. The van der Waals surface area contributed by atoms with Crippen LogP contribution in [0.4, 0.5) is 0 Å². The highest BCUT2D eigenvalue weighted by Gasteiger charge is 2.10. The lowest BCUT2D eigenvalue weighted by Crippen LogP contribution is -2.34. The van der Waals surface area contributed by atoms with E-state index in [1.165, 1.54) is 0 Å². The van der Waals surface area contributed by atoms with Gasteiger partial charge in [-0.15, -0.1) is 0 Å². The zero-order chi connectivity index (χ0) is 11.9. The second-order valence-corrected chi connectivity index (χ2v) is 4.61. The standard InChI is InChI=1S/C10H8BrClN2O2/c1-2-14-9(15)8-6(12)3-5(11)4-7(8)13-10(14)16/h3-4H,2H2,1H3,(H,13,16). The number of aromatic amines is 1. The van der Waals surface area contributed by atoms with E-state index in [0.717, 1.165) is 4.57 Å². The van der Waals surface area contributed by atoms with Gasteiger partial charge in [0, 0.05) is 11.0 Å². The van der Waals surface area contributed by atoms with Gasteiger partial charge < -0.3 is 4.98 Å². The first-order valence-electron chi connectivity index (χ1n) is 4.66. The minimum Gasteiger partial charge on any atom is -0.307 e. The molecule has 0 saturated carbocycles. The third-order valence-electron chi connectivity index (χ3n) is 2.32. The number of nitrogens with one attached hydrogen (secondary N) is 1. The Labute approximate surface area is 104 Å². The number of benzene rings is 1. The summed E-state index contributed by atoms with van der Waals surface area (Å²) in [5.41, 5.74) is -0.341. The Morgan fingerprint density at radius 2 is 2.12 bits per heavy atom. The fourth-order valence-electron chi connectivity index (χ4n) is 1.59. The van der Waals surface area contributed by atoms with E-state index >= 15 is 0 Å². The number of aromatic nitrogens is 2. The van der Waals surface area contributed by atoms with Crippen molar-refractivity contribution in [3.05, 3.63) is 42.5 Å². The molecule has 1 aromatic carbocycles. The van der Waals surface area contributed by atoms with Gasteiger partial charge in [0.2, 0.25) is 0 Å². The van der Waals surface area contributed by atoms with Crippen molar-refractivity contribution in [2.75, 3.05) is 0 Å². The molecule has 0 bridgehead atoms. The number of halogens is 2. The van der Waals surface area contributed by atoms with Gasteiger partial charge in [-0.2, -0.15) is 0 Å². The van der Waals surface area contributed by atoms with E-state index in [1.54, 1.807) is 19.1 Å². The molecule has 2 rings (SSSR count). The Kier molecular flexibility index (Phi) is 2.90. The SMILES string of the molecule is CCn1c(=O)[nH]c2cc(Br)cc(Cl)c2c1=O. The fourth-order valence-corrected chi connectivity index (χ4v) is 2.48. The fraction of sp³-hybridized carbons (Fsp3) is 0.200. The topological polar surface area (TPSA) is 54.9 Å². The summed E-state index contributed by atoms with van der Waals surface area (Å²) in [6.07, 6.45) is 0. The van der Waals surface area contributed by atoms with Crippen LogP contribution in [-0.2, 0) is 6.54 Å². The Hall–Kier alpha value is -1.07. The minimum absolute atomic E-state index is 0.316. The van der Waals surface area contributed by atoms with Gasteiger partial charge in [0.1, 0.15) is 0 Å².